The summed E-state index contributed by atoms with van der Waals surface area (Å²) in [6, 6.07) is 2.04. The number of hydrogen-bond donors (Lipinski definition) is 1. The fraction of sp³-hybridized carbons (Fsp3) is 0.615. The monoisotopic (exact) mass is 265 g/mol. The lowest BCUT2D eigenvalue weighted by molar-refractivity contribution is 0.0586. The number of hydrogen-bond acceptors (Lipinski definition) is 6. The number of ether oxygens (including phenoxy) is 2. The lowest BCUT2D eigenvalue weighted by Crippen LogP contribution is -2.30. The molecule has 0 amide bonds. The van der Waals surface area contributed by atoms with E-state index in [0.717, 1.165) is 25.0 Å². The molecule has 1 aliphatic carbocycles. The van der Waals surface area contributed by atoms with E-state index in [9.17, 15) is 4.79 Å². The van der Waals surface area contributed by atoms with Crippen molar-refractivity contribution in [2.75, 3.05) is 19.5 Å². The molecular formula is C13H19N3O3. The minimum atomic E-state index is -0.526. The van der Waals surface area contributed by atoms with E-state index in [4.69, 9.17) is 4.74 Å². The summed E-state index contributed by atoms with van der Waals surface area (Å²) in [5.41, 5.74) is 0.727. The first-order valence-corrected chi connectivity index (χ1v) is 6.37. The normalized spacial score (nSPS) is 22.3. The van der Waals surface area contributed by atoms with Crippen molar-refractivity contribution < 1.29 is 14.3 Å². The standard InChI is InChI=1S/C13H19N3O3/c1-8-7-11(16-12(14-8)13(17)19-3)15-9-5-4-6-10(9)18-2/h7,9-10H,4-6H2,1-3H3,(H,14,15,16). The van der Waals surface area contributed by atoms with Crippen molar-refractivity contribution in [1.82, 2.24) is 9.97 Å². The van der Waals surface area contributed by atoms with Crippen LogP contribution in [0.5, 0.6) is 0 Å². The molecule has 0 aliphatic heterocycles. The molecular weight excluding hydrogens is 246 g/mol. The SMILES string of the molecule is COC(=O)c1nc(C)cc(NC2CCCC2OC)n1. The number of methoxy groups -OCH3 is 2. The maximum absolute atomic E-state index is 11.5. The Labute approximate surface area is 112 Å². The Kier molecular flexibility index (Phi) is 4.31. The summed E-state index contributed by atoms with van der Waals surface area (Å²) in [7, 11) is 3.04. The van der Waals surface area contributed by atoms with Crippen molar-refractivity contribution in [2.45, 2.75) is 38.3 Å². The van der Waals surface area contributed by atoms with Gasteiger partial charge in [0.25, 0.3) is 0 Å². The van der Waals surface area contributed by atoms with Crippen LogP contribution in [0.15, 0.2) is 6.07 Å². The topological polar surface area (TPSA) is 73.3 Å². The Morgan fingerprint density at radius 3 is 2.84 bits per heavy atom. The van der Waals surface area contributed by atoms with Crippen LogP contribution in [0.25, 0.3) is 0 Å². The van der Waals surface area contributed by atoms with Gasteiger partial charge < -0.3 is 14.8 Å². The van der Waals surface area contributed by atoms with Crippen LogP contribution in [0.4, 0.5) is 5.82 Å². The first kappa shape index (κ1) is 13.7. The van der Waals surface area contributed by atoms with Crippen molar-refractivity contribution in [1.29, 1.82) is 0 Å². The van der Waals surface area contributed by atoms with Crippen molar-refractivity contribution in [3.63, 3.8) is 0 Å². The summed E-state index contributed by atoms with van der Waals surface area (Å²) >= 11 is 0. The third-order valence-electron chi connectivity index (χ3n) is 3.31. The Bertz CT molecular complexity index is 464. The number of rotatable bonds is 4. The van der Waals surface area contributed by atoms with E-state index in [1.165, 1.54) is 7.11 Å². The minimum Gasteiger partial charge on any atom is -0.463 e. The van der Waals surface area contributed by atoms with Gasteiger partial charge in [-0.2, -0.15) is 0 Å². The molecule has 0 radical (unpaired) electrons. The highest BCUT2D eigenvalue weighted by molar-refractivity contribution is 5.85. The maximum Gasteiger partial charge on any atom is 0.376 e. The molecule has 0 spiro atoms. The third-order valence-corrected chi connectivity index (χ3v) is 3.31. The summed E-state index contributed by atoms with van der Waals surface area (Å²) in [6.45, 7) is 1.82. The first-order valence-electron chi connectivity index (χ1n) is 6.37. The molecule has 1 aliphatic rings. The van der Waals surface area contributed by atoms with Gasteiger partial charge in [0.2, 0.25) is 5.82 Å². The molecule has 6 heteroatoms. The molecule has 2 atom stereocenters. The van der Waals surface area contributed by atoms with E-state index in [2.05, 4.69) is 20.0 Å². The van der Waals surface area contributed by atoms with Crippen molar-refractivity contribution >= 4 is 11.8 Å². The summed E-state index contributed by atoms with van der Waals surface area (Å²) in [5.74, 6) is 0.195. The molecule has 6 nitrogen and oxygen atoms in total. The molecule has 19 heavy (non-hydrogen) atoms. The molecule has 0 bridgehead atoms. The quantitative estimate of drug-likeness (QED) is 0.833. The molecule has 1 N–H and O–H groups in total. The number of nitrogens with one attached hydrogen (secondary N) is 1. The third kappa shape index (κ3) is 3.20. The van der Waals surface area contributed by atoms with Crippen LogP contribution in [-0.2, 0) is 9.47 Å². The van der Waals surface area contributed by atoms with Gasteiger partial charge in [0.15, 0.2) is 0 Å². The van der Waals surface area contributed by atoms with Gasteiger partial charge >= 0.3 is 5.97 Å². The zero-order chi connectivity index (χ0) is 13.8. The van der Waals surface area contributed by atoms with Gasteiger partial charge in [0.1, 0.15) is 5.82 Å². The van der Waals surface area contributed by atoms with E-state index < -0.39 is 5.97 Å². The number of carbonyl (C=O) groups excluding carboxylic acids is 1. The molecule has 104 valence electrons. The molecule has 1 fully saturated rings. The van der Waals surface area contributed by atoms with Gasteiger partial charge in [0.05, 0.1) is 19.3 Å². The lowest BCUT2D eigenvalue weighted by atomic mass is 10.2. The molecule has 0 aromatic carbocycles. The fourth-order valence-electron chi connectivity index (χ4n) is 2.39. The van der Waals surface area contributed by atoms with Crippen LogP contribution in [0.2, 0.25) is 0 Å². The number of nitrogens with zero attached hydrogens (tertiary/aromatic N) is 2. The number of anilines is 1. The second-order valence-electron chi connectivity index (χ2n) is 4.67. The predicted molar refractivity (Wildman–Crippen MR) is 70.2 cm³/mol. The molecule has 1 aromatic heterocycles. The van der Waals surface area contributed by atoms with Gasteiger partial charge in [0, 0.05) is 18.9 Å². The molecule has 2 unspecified atom stereocenters. The minimum absolute atomic E-state index is 0.0805. The van der Waals surface area contributed by atoms with Gasteiger partial charge in [-0.25, -0.2) is 14.8 Å². The smallest absolute Gasteiger partial charge is 0.376 e. The Morgan fingerprint density at radius 1 is 1.37 bits per heavy atom. The van der Waals surface area contributed by atoms with Gasteiger partial charge in [-0.15, -0.1) is 0 Å². The molecule has 1 saturated carbocycles. The summed E-state index contributed by atoms with van der Waals surface area (Å²) in [5, 5.41) is 3.32. The lowest BCUT2D eigenvalue weighted by Gasteiger charge is -2.20. The Hall–Kier alpha value is -1.69. The number of carbonyl (C=O) groups is 1. The second-order valence-corrected chi connectivity index (χ2v) is 4.67. The van der Waals surface area contributed by atoms with E-state index in [-0.39, 0.29) is 18.0 Å². The summed E-state index contributed by atoms with van der Waals surface area (Å²) < 4.78 is 10.1. The zero-order valence-electron chi connectivity index (χ0n) is 11.5. The van der Waals surface area contributed by atoms with Crippen molar-refractivity contribution in [3.8, 4) is 0 Å². The molecule has 2 rings (SSSR count). The maximum atomic E-state index is 11.5. The number of aromatic nitrogens is 2. The van der Waals surface area contributed by atoms with Crippen LogP contribution in [0.1, 0.15) is 35.6 Å². The van der Waals surface area contributed by atoms with E-state index in [1.807, 2.05) is 13.0 Å². The largest absolute Gasteiger partial charge is 0.463 e. The van der Waals surface area contributed by atoms with Crippen LogP contribution in [0, 0.1) is 6.92 Å². The second kappa shape index (κ2) is 5.97. The van der Waals surface area contributed by atoms with Gasteiger partial charge in [-0.3, -0.25) is 0 Å². The highest BCUT2D eigenvalue weighted by Gasteiger charge is 2.27. The molecule has 0 saturated heterocycles. The van der Waals surface area contributed by atoms with Gasteiger partial charge in [-0.1, -0.05) is 0 Å². The average Bonchev–Trinajstić information content (AvgIpc) is 2.84. The van der Waals surface area contributed by atoms with Gasteiger partial charge in [-0.05, 0) is 26.2 Å². The zero-order valence-corrected chi connectivity index (χ0v) is 11.5. The van der Waals surface area contributed by atoms with E-state index in [1.54, 1.807) is 7.11 Å². The van der Waals surface area contributed by atoms with Crippen molar-refractivity contribution in [3.05, 3.63) is 17.6 Å². The summed E-state index contributed by atoms with van der Waals surface area (Å²) in [4.78, 5) is 19.7. The highest BCUT2D eigenvalue weighted by atomic mass is 16.5. The number of aryl methyl sites for hydroxylation is 1. The molecule has 1 heterocycles. The van der Waals surface area contributed by atoms with Crippen LogP contribution in [0.3, 0.4) is 0 Å². The van der Waals surface area contributed by atoms with Crippen LogP contribution in [-0.4, -0.2) is 42.3 Å². The average molecular weight is 265 g/mol. The fourth-order valence-corrected chi connectivity index (χ4v) is 2.39. The van der Waals surface area contributed by atoms with Crippen molar-refractivity contribution in [2.24, 2.45) is 0 Å². The molecule has 1 aromatic rings. The Balaban J connectivity index is 2.16. The van der Waals surface area contributed by atoms with E-state index in [0.29, 0.717) is 5.82 Å². The number of esters is 1. The Morgan fingerprint density at radius 2 is 2.16 bits per heavy atom. The van der Waals surface area contributed by atoms with Crippen LogP contribution < -0.4 is 5.32 Å². The van der Waals surface area contributed by atoms with E-state index >= 15 is 0 Å². The first-order chi connectivity index (χ1) is 9.13. The highest BCUT2D eigenvalue weighted by Crippen LogP contribution is 2.24. The van der Waals surface area contributed by atoms with Crippen LogP contribution >= 0.6 is 0 Å². The predicted octanol–water partition coefficient (Wildman–Crippen LogP) is 1.55. The summed E-state index contributed by atoms with van der Waals surface area (Å²) in [6.07, 6.45) is 3.40.